The zero-order valence-corrected chi connectivity index (χ0v) is 19.8. The van der Waals surface area contributed by atoms with Crippen LogP contribution in [0.2, 0.25) is 0 Å². The molecular formula is C22H26N6O5S. The number of H-pyrrole nitrogens is 1. The van der Waals surface area contributed by atoms with Crippen LogP contribution in [0.25, 0.3) is 5.95 Å². The first-order valence-corrected chi connectivity index (χ1v) is 12.4. The maximum atomic E-state index is 12.9. The van der Waals surface area contributed by atoms with Gasteiger partial charge in [-0.05, 0) is 37.6 Å². The molecule has 4 rings (SSSR count). The summed E-state index contributed by atoms with van der Waals surface area (Å²) >= 11 is 0. The SMILES string of the molecule is CCCc1cc(=O)[nH]c(-n2nc(C)cc2NC(=O)c2ccc(S(=O)(=O)N3CCOCC3)cc2)n1. The van der Waals surface area contributed by atoms with Gasteiger partial charge in [0.25, 0.3) is 11.5 Å². The average molecular weight is 487 g/mol. The standard InChI is InChI=1S/C22H26N6O5S/c1-3-4-17-14-20(29)25-22(23-17)28-19(13-15(2)26-28)24-21(30)16-5-7-18(8-6-16)34(31,32)27-9-11-33-12-10-27/h5-8,13-14H,3-4,9-12H2,1-2H3,(H,24,30)(H,23,25,29). The minimum absolute atomic E-state index is 0.112. The second kappa shape index (κ2) is 9.87. The van der Waals surface area contributed by atoms with Gasteiger partial charge in [0.1, 0.15) is 5.82 Å². The fraction of sp³-hybridized carbons (Fsp3) is 0.364. The Hall–Kier alpha value is -3.35. The summed E-state index contributed by atoms with van der Waals surface area (Å²) in [6.07, 6.45) is 1.47. The Morgan fingerprint density at radius 2 is 1.88 bits per heavy atom. The highest BCUT2D eigenvalue weighted by molar-refractivity contribution is 7.89. The second-order valence-corrected chi connectivity index (χ2v) is 9.83. The number of morpholine rings is 1. The molecule has 1 amide bonds. The molecule has 1 aliphatic heterocycles. The number of aryl methyl sites for hydroxylation is 2. The number of nitrogens with zero attached hydrogens (tertiary/aromatic N) is 4. The van der Waals surface area contributed by atoms with Gasteiger partial charge in [-0.15, -0.1) is 0 Å². The lowest BCUT2D eigenvalue weighted by atomic mass is 10.2. The lowest BCUT2D eigenvalue weighted by Gasteiger charge is -2.26. The van der Waals surface area contributed by atoms with Crippen molar-refractivity contribution in [1.29, 1.82) is 0 Å². The van der Waals surface area contributed by atoms with Crippen LogP contribution in [-0.2, 0) is 21.2 Å². The van der Waals surface area contributed by atoms with Crippen LogP contribution >= 0.6 is 0 Å². The van der Waals surface area contributed by atoms with Gasteiger partial charge in [-0.3, -0.25) is 14.6 Å². The van der Waals surface area contributed by atoms with E-state index in [1.807, 2.05) is 6.92 Å². The zero-order valence-electron chi connectivity index (χ0n) is 18.9. The zero-order chi connectivity index (χ0) is 24.3. The van der Waals surface area contributed by atoms with E-state index < -0.39 is 15.9 Å². The van der Waals surface area contributed by atoms with Gasteiger partial charge in [0, 0.05) is 36.5 Å². The maximum Gasteiger partial charge on any atom is 0.256 e. The minimum atomic E-state index is -3.65. The summed E-state index contributed by atoms with van der Waals surface area (Å²) in [6, 6.07) is 8.83. The van der Waals surface area contributed by atoms with Crippen LogP contribution in [0.15, 0.2) is 46.1 Å². The van der Waals surface area contributed by atoms with Gasteiger partial charge >= 0.3 is 0 Å². The number of rotatable bonds is 7. The van der Waals surface area contributed by atoms with E-state index in [9.17, 15) is 18.0 Å². The first kappa shape index (κ1) is 23.8. The first-order chi connectivity index (χ1) is 16.3. The van der Waals surface area contributed by atoms with Crippen molar-refractivity contribution in [2.45, 2.75) is 31.6 Å². The van der Waals surface area contributed by atoms with Gasteiger partial charge in [0.05, 0.1) is 23.8 Å². The predicted molar refractivity (Wildman–Crippen MR) is 125 cm³/mol. The van der Waals surface area contributed by atoms with Crippen molar-refractivity contribution < 1.29 is 17.9 Å². The molecule has 2 aromatic heterocycles. The Kier molecular flexibility index (Phi) is 6.91. The monoisotopic (exact) mass is 486 g/mol. The van der Waals surface area contributed by atoms with Crippen molar-refractivity contribution >= 4 is 21.7 Å². The molecule has 180 valence electrons. The summed E-state index contributed by atoms with van der Waals surface area (Å²) < 4.78 is 33.5. The number of carbonyl (C=O) groups excluding carboxylic acids is 1. The average Bonchev–Trinajstić information content (AvgIpc) is 3.19. The summed E-state index contributed by atoms with van der Waals surface area (Å²) in [5, 5.41) is 7.10. The molecular weight excluding hydrogens is 460 g/mol. The van der Waals surface area contributed by atoms with Crippen LogP contribution in [0, 0.1) is 6.92 Å². The number of nitrogens with one attached hydrogen (secondary N) is 2. The minimum Gasteiger partial charge on any atom is -0.379 e. The van der Waals surface area contributed by atoms with E-state index in [0.29, 0.717) is 49.9 Å². The molecule has 12 heteroatoms. The molecule has 3 heterocycles. The Balaban J connectivity index is 1.56. The van der Waals surface area contributed by atoms with Crippen LogP contribution in [0.1, 0.15) is 35.1 Å². The summed E-state index contributed by atoms with van der Waals surface area (Å²) in [4.78, 5) is 32.2. The summed E-state index contributed by atoms with van der Waals surface area (Å²) in [5.41, 5.74) is 1.21. The number of carbonyl (C=O) groups is 1. The number of aromatic amines is 1. The molecule has 1 saturated heterocycles. The molecule has 0 spiro atoms. The molecule has 34 heavy (non-hydrogen) atoms. The third kappa shape index (κ3) is 5.08. The quantitative estimate of drug-likeness (QED) is 0.516. The lowest BCUT2D eigenvalue weighted by molar-refractivity contribution is 0.0730. The van der Waals surface area contributed by atoms with Gasteiger partial charge in [-0.1, -0.05) is 13.3 Å². The maximum absolute atomic E-state index is 12.9. The molecule has 0 atom stereocenters. The number of sulfonamides is 1. The lowest BCUT2D eigenvalue weighted by Crippen LogP contribution is -2.40. The van der Waals surface area contributed by atoms with E-state index >= 15 is 0 Å². The number of benzene rings is 1. The Morgan fingerprint density at radius 3 is 2.56 bits per heavy atom. The molecule has 2 N–H and O–H groups in total. The van der Waals surface area contributed by atoms with Gasteiger partial charge in [0.2, 0.25) is 16.0 Å². The highest BCUT2D eigenvalue weighted by Crippen LogP contribution is 2.19. The number of ether oxygens (including phenoxy) is 1. The van der Waals surface area contributed by atoms with Gasteiger partial charge < -0.3 is 10.1 Å². The summed E-state index contributed by atoms with van der Waals surface area (Å²) in [7, 11) is -3.65. The van der Waals surface area contributed by atoms with Crippen molar-refractivity contribution in [2.75, 3.05) is 31.6 Å². The largest absolute Gasteiger partial charge is 0.379 e. The number of anilines is 1. The van der Waals surface area contributed by atoms with Gasteiger partial charge in [-0.2, -0.15) is 14.1 Å². The fourth-order valence-corrected chi connectivity index (χ4v) is 5.04. The van der Waals surface area contributed by atoms with E-state index in [1.54, 1.807) is 13.0 Å². The van der Waals surface area contributed by atoms with Crippen molar-refractivity contribution in [2.24, 2.45) is 0 Å². The number of aromatic nitrogens is 4. The van der Waals surface area contributed by atoms with Crippen LogP contribution in [0.5, 0.6) is 0 Å². The first-order valence-electron chi connectivity index (χ1n) is 10.9. The van der Waals surface area contributed by atoms with Crippen LogP contribution in [0.3, 0.4) is 0 Å². The number of hydrogen-bond donors (Lipinski definition) is 2. The number of amides is 1. The predicted octanol–water partition coefficient (Wildman–Crippen LogP) is 1.49. The van der Waals surface area contributed by atoms with E-state index in [1.165, 1.54) is 39.3 Å². The third-order valence-corrected chi connectivity index (χ3v) is 7.20. The number of hydrogen-bond acceptors (Lipinski definition) is 7. The second-order valence-electron chi connectivity index (χ2n) is 7.89. The molecule has 11 nitrogen and oxygen atoms in total. The molecule has 1 fully saturated rings. The van der Waals surface area contributed by atoms with Crippen LogP contribution < -0.4 is 10.9 Å². The highest BCUT2D eigenvalue weighted by Gasteiger charge is 2.26. The van der Waals surface area contributed by atoms with Gasteiger partial charge in [0.15, 0.2) is 0 Å². The van der Waals surface area contributed by atoms with Crippen LogP contribution in [-0.4, -0.2) is 64.7 Å². The van der Waals surface area contributed by atoms with Crippen molar-refractivity contribution in [3.05, 3.63) is 63.7 Å². The van der Waals surface area contributed by atoms with Crippen molar-refractivity contribution in [3.63, 3.8) is 0 Å². The molecule has 0 radical (unpaired) electrons. The van der Waals surface area contributed by atoms with Gasteiger partial charge in [-0.25, -0.2) is 13.4 Å². The van der Waals surface area contributed by atoms with Crippen molar-refractivity contribution in [3.8, 4) is 5.95 Å². The molecule has 1 aromatic carbocycles. The fourth-order valence-electron chi connectivity index (χ4n) is 3.63. The van der Waals surface area contributed by atoms with Crippen molar-refractivity contribution in [1.82, 2.24) is 24.1 Å². The Bertz CT molecular complexity index is 1340. The molecule has 3 aromatic rings. The normalized spacial score (nSPS) is 14.8. The Labute approximate surface area is 196 Å². The summed E-state index contributed by atoms with van der Waals surface area (Å²) in [5.74, 6) is 0.0687. The molecule has 1 aliphatic rings. The topological polar surface area (TPSA) is 139 Å². The van der Waals surface area contributed by atoms with E-state index in [4.69, 9.17) is 4.74 Å². The van der Waals surface area contributed by atoms with E-state index in [0.717, 1.165) is 6.42 Å². The molecule has 0 unspecified atom stereocenters. The van der Waals surface area contributed by atoms with E-state index in [2.05, 4.69) is 20.4 Å². The summed E-state index contributed by atoms with van der Waals surface area (Å²) in [6.45, 7) is 5.05. The molecule has 0 saturated carbocycles. The Morgan fingerprint density at radius 1 is 1.18 bits per heavy atom. The highest BCUT2D eigenvalue weighted by atomic mass is 32.2. The molecule has 0 aliphatic carbocycles. The third-order valence-electron chi connectivity index (χ3n) is 5.29. The smallest absolute Gasteiger partial charge is 0.256 e. The van der Waals surface area contributed by atoms with Crippen LogP contribution in [0.4, 0.5) is 5.82 Å². The van der Waals surface area contributed by atoms with E-state index in [-0.39, 0.29) is 22.0 Å². The molecule has 0 bridgehead atoms.